The fraction of sp³-hybridized carbons (Fsp3) is 0.286. The van der Waals surface area contributed by atoms with Crippen LogP contribution in [0, 0.1) is 0 Å². The van der Waals surface area contributed by atoms with Crippen molar-refractivity contribution in [3.8, 4) is 5.75 Å². The summed E-state index contributed by atoms with van der Waals surface area (Å²) in [4.78, 5) is 11.9. The van der Waals surface area contributed by atoms with Crippen molar-refractivity contribution in [3.05, 3.63) is 42.1 Å². The Labute approximate surface area is 111 Å². The first-order valence-electron chi connectivity index (χ1n) is 6.17. The third kappa shape index (κ3) is 3.34. The maximum Gasteiger partial charge on any atom is 0.229 e. The lowest BCUT2D eigenvalue weighted by Crippen LogP contribution is -2.18. The molecule has 2 aromatic rings. The molecule has 0 spiro atoms. The first kappa shape index (κ1) is 13.1. The number of aromatic hydroxyl groups is 1. The van der Waals surface area contributed by atoms with Gasteiger partial charge in [0, 0.05) is 12.1 Å². The van der Waals surface area contributed by atoms with E-state index in [2.05, 4.69) is 10.4 Å². The number of nitrogens with zero attached hydrogens (tertiary/aromatic N) is 2. The van der Waals surface area contributed by atoms with Crippen LogP contribution in [0.1, 0.15) is 25.5 Å². The molecule has 1 aromatic heterocycles. The second-order valence-electron chi connectivity index (χ2n) is 4.65. The summed E-state index contributed by atoms with van der Waals surface area (Å²) in [6.45, 7) is 4.01. The van der Waals surface area contributed by atoms with Crippen LogP contribution in [0.4, 0.5) is 5.82 Å². The number of hydrogen-bond donors (Lipinski definition) is 2. The van der Waals surface area contributed by atoms with Gasteiger partial charge in [0.25, 0.3) is 0 Å². The van der Waals surface area contributed by atoms with E-state index in [1.165, 1.54) is 0 Å². The Bertz CT molecular complexity index is 558. The number of rotatable bonds is 4. The van der Waals surface area contributed by atoms with Crippen molar-refractivity contribution in [2.45, 2.75) is 26.3 Å². The highest BCUT2D eigenvalue weighted by molar-refractivity contribution is 5.91. The Hall–Kier alpha value is -2.30. The van der Waals surface area contributed by atoms with Crippen molar-refractivity contribution in [2.75, 3.05) is 5.32 Å². The average molecular weight is 259 g/mol. The average Bonchev–Trinajstić information content (AvgIpc) is 2.80. The van der Waals surface area contributed by atoms with Crippen LogP contribution in [0.15, 0.2) is 36.5 Å². The lowest BCUT2D eigenvalue weighted by atomic mass is 10.1. The van der Waals surface area contributed by atoms with E-state index in [0.717, 1.165) is 5.56 Å². The zero-order valence-corrected chi connectivity index (χ0v) is 11.0. The minimum Gasteiger partial charge on any atom is -0.508 e. The van der Waals surface area contributed by atoms with Gasteiger partial charge in [-0.25, -0.2) is 4.68 Å². The van der Waals surface area contributed by atoms with Gasteiger partial charge in [-0.3, -0.25) is 4.79 Å². The van der Waals surface area contributed by atoms with Gasteiger partial charge in [-0.15, -0.1) is 0 Å². The van der Waals surface area contributed by atoms with E-state index in [4.69, 9.17) is 0 Å². The molecule has 100 valence electrons. The van der Waals surface area contributed by atoms with Crippen LogP contribution >= 0.6 is 0 Å². The molecule has 5 heteroatoms. The van der Waals surface area contributed by atoms with Crippen LogP contribution in [-0.4, -0.2) is 20.8 Å². The van der Waals surface area contributed by atoms with Gasteiger partial charge < -0.3 is 10.4 Å². The monoisotopic (exact) mass is 259 g/mol. The number of aromatic nitrogens is 2. The van der Waals surface area contributed by atoms with E-state index in [1.807, 2.05) is 13.8 Å². The van der Waals surface area contributed by atoms with E-state index < -0.39 is 0 Å². The fourth-order valence-corrected chi connectivity index (χ4v) is 1.81. The Morgan fingerprint density at radius 2 is 2.00 bits per heavy atom. The molecular formula is C14H17N3O2. The molecule has 0 bridgehead atoms. The topological polar surface area (TPSA) is 67.2 Å². The predicted molar refractivity (Wildman–Crippen MR) is 73.1 cm³/mol. The summed E-state index contributed by atoms with van der Waals surface area (Å²) in [6, 6.07) is 8.57. The van der Waals surface area contributed by atoms with Crippen LogP contribution in [0.25, 0.3) is 0 Å². The molecule has 2 rings (SSSR count). The smallest absolute Gasteiger partial charge is 0.229 e. The molecule has 0 saturated heterocycles. The SMILES string of the molecule is CC(C)n1nccc1NC(=O)Cc1ccc(O)cc1. The van der Waals surface area contributed by atoms with Crippen molar-refractivity contribution in [1.29, 1.82) is 0 Å². The Morgan fingerprint density at radius 3 is 2.63 bits per heavy atom. The van der Waals surface area contributed by atoms with Crippen molar-refractivity contribution >= 4 is 11.7 Å². The highest BCUT2D eigenvalue weighted by Crippen LogP contribution is 2.14. The van der Waals surface area contributed by atoms with Gasteiger partial charge in [0.2, 0.25) is 5.91 Å². The van der Waals surface area contributed by atoms with Crippen LogP contribution < -0.4 is 5.32 Å². The maximum absolute atomic E-state index is 11.9. The first-order valence-corrected chi connectivity index (χ1v) is 6.17. The Kier molecular flexibility index (Phi) is 3.85. The third-order valence-corrected chi connectivity index (χ3v) is 2.73. The maximum atomic E-state index is 11.9. The van der Waals surface area contributed by atoms with Gasteiger partial charge >= 0.3 is 0 Å². The van der Waals surface area contributed by atoms with Crippen molar-refractivity contribution in [3.63, 3.8) is 0 Å². The third-order valence-electron chi connectivity index (χ3n) is 2.73. The fourth-order valence-electron chi connectivity index (χ4n) is 1.81. The molecule has 1 amide bonds. The van der Waals surface area contributed by atoms with E-state index in [0.29, 0.717) is 5.82 Å². The van der Waals surface area contributed by atoms with Gasteiger partial charge in [-0.2, -0.15) is 5.10 Å². The predicted octanol–water partition coefficient (Wildman–Crippen LogP) is 2.35. The second kappa shape index (κ2) is 5.56. The van der Waals surface area contributed by atoms with Crippen LogP contribution in [-0.2, 0) is 11.2 Å². The molecule has 0 radical (unpaired) electrons. The van der Waals surface area contributed by atoms with Gasteiger partial charge in [0.05, 0.1) is 12.6 Å². The van der Waals surface area contributed by atoms with Crippen molar-refractivity contribution in [1.82, 2.24) is 9.78 Å². The first-order chi connectivity index (χ1) is 9.06. The number of phenolic OH excluding ortho intramolecular Hbond substituents is 1. The number of anilines is 1. The van der Waals surface area contributed by atoms with E-state index in [1.54, 1.807) is 41.2 Å². The summed E-state index contributed by atoms with van der Waals surface area (Å²) in [5.74, 6) is 0.786. The number of hydrogen-bond acceptors (Lipinski definition) is 3. The summed E-state index contributed by atoms with van der Waals surface area (Å²) < 4.78 is 1.76. The highest BCUT2D eigenvalue weighted by atomic mass is 16.3. The minimum atomic E-state index is -0.104. The molecule has 0 aliphatic carbocycles. The van der Waals surface area contributed by atoms with Crippen LogP contribution in [0.5, 0.6) is 5.75 Å². The largest absolute Gasteiger partial charge is 0.508 e. The van der Waals surface area contributed by atoms with Gasteiger partial charge in [-0.05, 0) is 31.5 Å². The number of nitrogens with one attached hydrogen (secondary N) is 1. The Morgan fingerprint density at radius 1 is 1.32 bits per heavy atom. The van der Waals surface area contributed by atoms with E-state index in [-0.39, 0.29) is 24.1 Å². The summed E-state index contributed by atoms with van der Waals surface area (Å²) in [5, 5.41) is 16.2. The number of phenols is 1. The zero-order valence-electron chi connectivity index (χ0n) is 11.0. The van der Waals surface area contributed by atoms with Crippen LogP contribution in [0.2, 0.25) is 0 Å². The highest BCUT2D eigenvalue weighted by Gasteiger charge is 2.09. The molecule has 1 aromatic carbocycles. The number of carbonyl (C=O) groups is 1. The number of amides is 1. The molecule has 19 heavy (non-hydrogen) atoms. The van der Waals surface area contributed by atoms with Gasteiger partial charge in [0.1, 0.15) is 11.6 Å². The number of benzene rings is 1. The molecule has 0 atom stereocenters. The standard InChI is InChI=1S/C14H17N3O2/c1-10(2)17-13(7-8-15-17)16-14(19)9-11-3-5-12(18)6-4-11/h3-8,10,18H,9H2,1-2H3,(H,16,19). The van der Waals surface area contributed by atoms with E-state index >= 15 is 0 Å². The zero-order chi connectivity index (χ0) is 13.8. The summed E-state index contributed by atoms with van der Waals surface area (Å²) >= 11 is 0. The van der Waals surface area contributed by atoms with Crippen molar-refractivity contribution in [2.24, 2.45) is 0 Å². The molecule has 5 nitrogen and oxygen atoms in total. The van der Waals surface area contributed by atoms with Crippen LogP contribution in [0.3, 0.4) is 0 Å². The number of carbonyl (C=O) groups excluding carboxylic acids is 1. The molecule has 0 fully saturated rings. The van der Waals surface area contributed by atoms with Gasteiger partial charge in [-0.1, -0.05) is 12.1 Å². The molecule has 0 saturated carbocycles. The molecule has 2 N–H and O–H groups in total. The summed E-state index contributed by atoms with van der Waals surface area (Å²) in [7, 11) is 0. The Balaban J connectivity index is 2.01. The molecule has 0 aliphatic heterocycles. The summed E-state index contributed by atoms with van der Waals surface area (Å²) in [5.41, 5.74) is 0.853. The van der Waals surface area contributed by atoms with E-state index in [9.17, 15) is 9.90 Å². The molecule has 0 aliphatic rings. The summed E-state index contributed by atoms with van der Waals surface area (Å²) in [6.07, 6.45) is 1.93. The normalized spacial score (nSPS) is 10.7. The lowest BCUT2D eigenvalue weighted by Gasteiger charge is -2.11. The minimum absolute atomic E-state index is 0.104. The lowest BCUT2D eigenvalue weighted by molar-refractivity contribution is -0.115. The molecule has 0 unspecified atom stereocenters. The molecular weight excluding hydrogens is 242 g/mol. The quantitative estimate of drug-likeness (QED) is 0.885. The van der Waals surface area contributed by atoms with Crippen molar-refractivity contribution < 1.29 is 9.90 Å². The van der Waals surface area contributed by atoms with Gasteiger partial charge in [0.15, 0.2) is 0 Å². The second-order valence-corrected chi connectivity index (χ2v) is 4.65. The molecule has 1 heterocycles.